The number of carbonyl (C=O) groups is 2. The summed E-state index contributed by atoms with van der Waals surface area (Å²) in [6.45, 7) is 6.09. The quantitative estimate of drug-likeness (QED) is 0.556. The summed E-state index contributed by atoms with van der Waals surface area (Å²) in [4.78, 5) is 26.1. The maximum absolute atomic E-state index is 13.0. The Bertz CT molecular complexity index is 1010. The molecule has 0 aromatic heterocycles. The molecule has 174 valence electrons. The van der Waals surface area contributed by atoms with Crippen LogP contribution in [0, 0.1) is 13.8 Å². The first-order chi connectivity index (χ1) is 14.5. The Labute approximate surface area is 184 Å². The minimum Gasteiger partial charge on any atom is -0.355 e. The molecule has 0 atom stereocenters. The highest BCUT2D eigenvalue weighted by molar-refractivity contribution is 7.91. The Balaban J connectivity index is 1.82. The van der Waals surface area contributed by atoms with E-state index < -0.39 is 19.9 Å². The molecule has 1 aromatic carbocycles. The van der Waals surface area contributed by atoms with Gasteiger partial charge in [0.25, 0.3) is 0 Å². The number of rotatable bonds is 9. The fourth-order valence-corrected chi connectivity index (χ4v) is 5.69. The van der Waals surface area contributed by atoms with Crippen molar-refractivity contribution < 1.29 is 26.4 Å². The molecule has 11 heteroatoms. The van der Waals surface area contributed by atoms with Crippen LogP contribution in [0.5, 0.6) is 0 Å². The summed E-state index contributed by atoms with van der Waals surface area (Å²) in [5.41, 5.74) is 1.55. The van der Waals surface area contributed by atoms with Crippen LogP contribution in [0.15, 0.2) is 23.1 Å². The van der Waals surface area contributed by atoms with Gasteiger partial charge in [-0.15, -0.1) is 0 Å². The number of hydrogen-bond donors (Lipinski definition) is 1. The molecule has 1 saturated heterocycles. The summed E-state index contributed by atoms with van der Waals surface area (Å²) in [5, 5.41) is 2.51. The molecule has 0 aliphatic carbocycles. The molecule has 2 rings (SSSR count). The fourth-order valence-electron chi connectivity index (χ4n) is 3.26. The topological polar surface area (TPSA) is 121 Å². The second-order valence-corrected chi connectivity index (χ2v) is 12.0. The SMILES string of the molecule is CCS(=O)(=O)CCNC(=O)CCC(=O)N1CCN(S(=O)(=O)c2cc(C)ccc2C)CC1. The number of hydrogen-bond acceptors (Lipinski definition) is 6. The van der Waals surface area contributed by atoms with Crippen LogP contribution in [0.25, 0.3) is 0 Å². The Hall–Kier alpha value is -1.98. The van der Waals surface area contributed by atoms with E-state index in [1.165, 1.54) is 4.31 Å². The Morgan fingerprint density at radius 1 is 1.00 bits per heavy atom. The van der Waals surface area contributed by atoms with Crippen LogP contribution in [0.1, 0.15) is 30.9 Å². The van der Waals surface area contributed by atoms with E-state index in [0.717, 1.165) is 5.56 Å². The van der Waals surface area contributed by atoms with E-state index in [1.807, 2.05) is 13.0 Å². The first-order valence-corrected chi connectivity index (χ1v) is 13.5. The summed E-state index contributed by atoms with van der Waals surface area (Å²) in [5.74, 6) is -0.706. The van der Waals surface area contributed by atoms with Crippen molar-refractivity contribution in [2.45, 2.75) is 38.5 Å². The van der Waals surface area contributed by atoms with Gasteiger partial charge in [0.15, 0.2) is 9.84 Å². The zero-order valence-electron chi connectivity index (χ0n) is 18.3. The van der Waals surface area contributed by atoms with Gasteiger partial charge in [-0.3, -0.25) is 9.59 Å². The summed E-state index contributed by atoms with van der Waals surface area (Å²) < 4.78 is 50.2. The Kier molecular flexibility index (Phi) is 8.61. The van der Waals surface area contributed by atoms with Gasteiger partial charge in [0, 0.05) is 51.3 Å². The number of amides is 2. The average Bonchev–Trinajstić information content (AvgIpc) is 2.73. The van der Waals surface area contributed by atoms with Crippen LogP contribution >= 0.6 is 0 Å². The van der Waals surface area contributed by atoms with Gasteiger partial charge in [-0.25, -0.2) is 16.8 Å². The van der Waals surface area contributed by atoms with Crippen LogP contribution in [0.4, 0.5) is 0 Å². The number of aryl methyl sites for hydroxylation is 2. The third-order valence-corrected chi connectivity index (χ3v) is 9.04. The van der Waals surface area contributed by atoms with Gasteiger partial charge >= 0.3 is 0 Å². The predicted octanol–water partition coefficient (Wildman–Crippen LogP) is 0.467. The maximum Gasteiger partial charge on any atom is 0.243 e. The van der Waals surface area contributed by atoms with E-state index in [1.54, 1.807) is 30.9 Å². The lowest BCUT2D eigenvalue weighted by Gasteiger charge is -2.34. The number of carbonyl (C=O) groups excluding carboxylic acids is 2. The minimum atomic E-state index is -3.63. The highest BCUT2D eigenvalue weighted by Gasteiger charge is 2.31. The predicted molar refractivity (Wildman–Crippen MR) is 118 cm³/mol. The molecule has 0 spiro atoms. The maximum atomic E-state index is 13.0. The Morgan fingerprint density at radius 3 is 2.26 bits per heavy atom. The van der Waals surface area contributed by atoms with Crippen molar-refractivity contribution in [2.24, 2.45) is 0 Å². The van der Waals surface area contributed by atoms with Gasteiger partial charge in [-0.2, -0.15) is 4.31 Å². The molecule has 0 bridgehead atoms. The van der Waals surface area contributed by atoms with Gasteiger partial charge in [0.05, 0.1) is 10.6 Å². The summed E-state index contributed by atoms with van der Waals surface area (Å²) in [6.07, 6.45) is -0.0396. The van der Waals surface area contributed by atoms with Gasteiger partial charge in [-0.05, 0) is 31.0 Å². The zero-order valence-corrected chi connectivity index (χ0v) is 19.9. The van der Waals surface area contributed by atoms with E-state index in [-0.39, 0.29) is 73.8 Å². The monoisotopic (exact) mass is 473 g/mol. The van der Waals surface area contributed by atoms with Gasteiger partial charge < -0.3 is 10.2 Å². The Morgan fingerprint density at radius 2 is 1.65 bits per heavy atom. The highest BCUT2D eigenvalue weighted by Crippen LogP contribution is 2.22. The number of benzene rings is 1. The van der Waals surface area contributed by atoms with E-state index >= 15 is 0 Å². The molecule has 0 saturated carbocycles. The lowest BCUT2D eigenvalue weighted by atomic mass is 10.2. The molecule has 1 aromatic rings. The highest BCUT2D eigenvalue weighted by atomic mass is 32.2. The first kappa shape index (κ1) is 25.3. The molecule has 1 N–H and O–H groups in total. The largest absolute Gasteiger partial charge is 0.355 e. The van der Waals surface area contributed by atoms with Crippen LogP contribution in [0.2, 0.25) is 0 Å². The standard InChI is InChI=1S/C20H31N3O6S2/c1-4-30(26,27)14-9-21-19(24)7-8-20(25)22-10-12-23(13-11-22)31(28,29)18-15-16(2)5-6-17(18)3/h5-6,15H,4,7-14H2,1-3H3,(H,21,24). The lowest BCUT2D eigenvalue weighted by Crippen LogP contribution is -2.50. The van der Waals surface area contributed by atoms with Crippen molar-refractivity contribution in [1.82, 2.24) is 14.5 Å². The molecular formula is C20H31N3O6S2. The molecule has 2 amide bonds. The van der Waals surface area contributed by atoms with Crippen molar-refractivity contribution in [1.29, 1.82) is 0 Å². The summed E-state index contributed by atoms with van der Waals surface area (Å²) in [7, 11) is -6.78. The number of nitrogens with one attached hydrogen (secondary N) is 1. The average molecular weight is 474 g/mol. The molecule has 31 heavy (non-hydrogen) atoms. The van der Waals surface area contributed by atoms with Crippen LogP contribution in [-0.4, -0.2) is 82.1 Å². The van der Waals surface area contributed by atoms with Gasteiger partial charge in [0.1, 0.15) is 0 Å². The van der Waals surface area contributed by atoms with Crippen LogP contribution in [-0.2, 0) is 29.4 Å². The molecule has 1 fully saturated rings. The number of sulfonamides is 1. The molecule has 1 heterocycles. The van der Waals surface area contributed by atoms with E-state index in [9.17, 15) is 26.4 Å². The van der Waals surface area contributed by atoms with Crippen LogP contribution < -0.4 is 5.32 Å². The number of nitrogens with zero attached hydrogens (tertiary/aromatic N) is 2. The molecular weight excluding hydrogens is 442 g/mol. The number of sulfone groups is 1. The van der Waals surface area contributed by atoms with E-state index in [4.69, 9.17) is 0 Å². The summed E-state index contributed by atoms with van der Waals surface area (Å²) in [6, 6.07) is 5.31. The van der Waals surface area contributed by atoms with Crippen molar-refractivity contribution in [3.63, 3.8) is 0 Å². The second kappa shape index (κ2) is 10.6. The lowest BCUT2D eigenvalue weighted by molar-refractivity contribution is -0.134. The minimum absolute atomic E-state index is 0.00387. The molecule has 1 aliphatic rings. The molecule has 1 aliphatic heterocycles. The fraction of sp³-hybridized carbons (Fsp3) is 0.600. The van der Waals surface area contributed by atoms with Gasteiger partial charge in [0.2, 0.25) is 21.8 Å². The van der Waals surface area contributed by atoms with Crippen molar-refractivity contribution >= 4 is 31.7 Å². The van der Waals surface area contributed by atoms with Crippen molar-refractivity contribution in [2.75, 3.05) is 44.2 Å². The normalized spacial score (nSPS) is 15.6. The van der Waals surface area contributed by atoms with Crippen molar-refractivity contribution in [3.05, 3.63) is 29.3 Å². The molecule has 0 unspecified atom stereocenters. The van der Waals surface area contributed by atoms with E-state index in [2.05, 4.69) is 5.32 Å². The van der Waals surface area contributed by atoms with Crippen molar-refractivity contribution in [3.8, 4) is 0 Å². The third-order valence-electron chi connectivity index (χ3n) is 5.29. The second-order valence-electron chi connectivity index (χ2n) is 7.64. The molecule has 9 nitrogen and oxygen atoms in total. The smallest absolute Gasteiger partial charge is 0.243 e. The first-order valence-electron chi connectivity index (χ1n) is 10.3. The zero-order chi connectivity index (χ0) is 23.2. The summed E-state index contributed by atoms with van der Waals surface area (Å²) >= 11 is 0. The number of piperazine rings is 1. The molecule has 0 radical (unpaired) electrons. The van der Waals surface area contributed by atoms with Gasteiger partial charge in [-0.1, -0.05) is 19.1 Å². The third kappa shape index (κ3) is 7.01. The van der Waals surface area contributed by atoms with E-state index in [0.29, 0.717) is 5.56 Å². The van der Waals surface area contributed by atoms with Crippen LogP contribution in [0.3, 0.4) is 0 Å².